The van der Waals surface area contributed by atoms with Gasteiger partial charge in [-0.2, -0.15) is 0 Å². The van der Waals surface area contributed by atoms with Crippen LogP contribution in [0.1, 0.15) is 46.0 Å². The Kier molecular flexibility index (Phi) is 7.61. The number of halogens is 1. The van der Waals surface area contributed by atoms with Gasteiger partial charge < -0.3 is 16.0 Å². The molecule has 2 aliphatic rings. The fourth-order valence-electron chi connectivity index (χ4n) is 2.63. The molecule has 3 unspecified atom stereocenters. The number of hydrogen-bond donors (Lipinski definition) is 3. The highest BCUT2D eigenvalue weighted by Gasteiger charge is 2.36. The van der Waals surface area contributed by atoms with E-state index in [1.54, 1.807) is 0 Å². The minimum Gasteiger partial charge on any atom is -0.354 e. The Bertz CT molecular complexity index is 338. The maximum atomic E-state index is 11.1. The molecule has 0 radical (unpaired) electrons. The highest BCUT2D eigenvalue weighted by Crippen LogP contribution is 2.34. The van der Waals surface area contributed by atoms with Gasteiger partial charge in [-0.1, -0.05) is 13.3 Å². The van der Waals surface area contributed by atoms with Gasteiger partial charge in [-0.3, -0.25) is 9.79 Å². The second-order valence-electron chi connectivity index (χ2n) is 5.54. The number of nitrogens with one attached hydrogen (secondary N) is 3. The first-order valence-corrected chi connectivity index (χ1v) is 7.57. The number of nitrogens with zero attached hydrogens (tertiary/aromatic N) is 1. The smallest absolute Gasteiger partial charge is 0.220 e. The normalized spacial score (nSPS) is 29.2. The number of hydrogen-bond acceptors (Lipinski definition) is 2. The molecule has 1 heterocycles. The van der Waals surface area contributed by atoms with E-state index in [2.05, 4.69) is 27.9 Å². The summed E-state index contributed by atoms with van der Waals surface area (Å²) in [6.45, 7) is 5.76. The quantitative estimate of drug-likeness (QED) is 0.377. The zero-order chi connectivity index (χ0) is 13.7. The minimum absolute atomic E-state index is 0. The van der Waals surface area contributed by atoms with Gasteiger partial charge in [-0.05, 0) is 32.1 Å². The second-order valence-corrected chi connectivity index (χ2v) is 5.54. The Hall–Kier alpha value is -0.530. The molecule has 3 N–H and O–H groups in total. The number of carbonyl (C=O) groups is 1. The van der Waals surface area contributed by atoms with Gasteiger partial charge in [0.2, 0.25) is 5.91 Å². The van der Waals surface area contributed by atoms with E-state index < -0.39 is 0 Å². The molecule has 2 fully saturated rings. The van der Waals surface area contributed by atoms with Crippen molar-refractivity contribution in [2.24, 2.45) is 10.9 Å². The summed E-state index contributed by atoms with van der Waals surface area (Å²) >= 11 is 0. The first-order chi connectivity index (χ1) is 9.22. The Morgan fingerprint density at radius 1 is 1.40 bits per heavy atom. The molecule has 20 heavy (non-hydrogen) atoms. The van der Waals surface area contributed by atoms with Crippen LogP contribution in [0.25, 0.3) is 0 Å². The van der Waals surface area contributed by atoms with Crippen molar-refractivity contribution in [2.45, 2.75) is 58.0 Å². The van der Waals surface area contributed by atoms with Crippen molar-refractivity contribution in [3.05, 3.63) is 0 Å². The molecule has 116 valence electrons. The molecule has 3 atom stereocenters. The zero-order valence-electron chi connectivity index (χ0n) is 12.4. The fraction of sp³-hybridized carbons (Fsp3) is 0.857. The summed E-state index contributed by atoms with van der Waals surface area (Å²) in [4.78, 5) is 15.6. The van der Waals surface area contributed by atoms with Gasteiger partial charge >= 0.3 is 0 Å². The first-order valence-electron chi connectivity index (χ1n) is 7.57. The summed E-state index contributed by atoms with van der Waals surface area (Å²) < 4.78 is 0. The standard InChI is InChI=1S/C14H26N4O.HI/c1-3-5-10-8-12(10)18-14(15-4-2)17-11-6-7-13(19)16-9-11;/h10-12H,3-9H2,1-2H3,(H,16,19)(H2,15,17,18);1H. The van der Waals surface area contributed by atoms with Gasteiger partial charge in [0.25, 0.3) is 0 Å². The third-order valence-electron chi connectivity index (χ3n) is 3.83. The molecular formula is C14H27IN4O. The van der Waals surface area contributed by atoms with E-state index >= 15 is 0 Å². The molecule has 2 rings (SSSR count). The average molecular weight is 394 g/mol. The van der Waals surface area contributed by atoms with Crippen LogP contribution >= 0.6 is 24.0 Å². The van der Waals surface area contributed by atoms with Gasteiger partial charge in [0.1, 0.15) is 0 Å². The van der Waals surface area contributed by atoms with Crippen LogP contribution in [0.15, 0.2) is 4.99 Å². The molecule has 1 aliphatic carbocycles. The lowest BCUT2D eigenvalue weighted by Gasteiger charge is -2.25. The SMILES string of the molecule is CCCC1CC1NC(=NCC)NC1CCC(=O)NC1.I. The molecule has 1 saturated heterocycles. The summed E-state index contributed by atoms with van der Waals surface area (Å²) in [6, 6.07) is 0.898. The summed E-state index contributed by atoms with van der Waals surface area (Å²) in [7, 11) is 0. The van der Waals surface area contributed by atoms with Crippen LogP contribution in [0.3, 0.4) is 0 Å². The lowest BCUT2D eigenvalue weighted by Crippen LogP contribution is -2.51. The van der Waals surface area contributed by atoms with Crippen molar-refractivity contribution in [3.8, 4) is 0 Å². The Labute approximate surface area is 138 Å². The average Bonchev–Trinajstić information content (AvgIpc) is 3.11. The van der Waals surface area contributed by atoms with Crippen molar-refractivity contribution in [3.63, 3.8) is 0 Å². The number of piperidine rings is 1. The van der Waals surface area contributed by atoms with Crippen molar-refractivity contribution in [2.75, 3.05) is 13.1 Å². The molecule has 1 saturated carbocycles. The van der Waals surface area contributed by atoms with E-state index in [9.17, 15) is 4.79 Å². The Morgan fingerprint density at radius 2 is 2.20 bits per heavy atom. The van der Waals surface area contributed by atoms with Gasteiger partial charge in [0.05, 0.1) is 0 Å². The Morgan fingerprint density at radius 3 is 2.80 bits per heavy atom. The van der Waals surface area contributed by atoms with Crippen LogP contribution in [0, 0.1) is 5.92 Å². The van der Waals surface area contributed by atoms with Crippen LogP contribution in [-0.2, 0) is 4.79 Å². The van der Waals surface area contributed by atoms with Crippen molar-refractivity contribution >= 4 is 35.8 Å². The summed E-state index contributed by atoms with van der Waals surface area (Å²) in [5.74, 6) is 1.89. The largest absolute Gasteiger partial charge is 0.354 e. The van der Waals surface area contributed by atoms with Crippen molar-refractivity contribution in [1.29, 1.82) is 0 Å². The van der Waals surface area contributed by atoms with Crippen LogP contribution in [0.2, 0.25) is 0 Å². The summed E-state index contributed by atoms with van der Waals surface area (Å²) in [5, 5.41) is 9.84. The molecule has 1 aliphatic heterocycles. The molecule has 0 bridgehead atoms. The van der Waals surface area contributed by atoms with Crippen LogP contribution in [0.4, 0.5) is 0 Å². The number of carbonyl (C=O) groups excluding carboxylic acids is 1. The second kappa shape index (κ2) is 8.69. The fourth-order valence-corrected chi connectivity index (χ4v) is 2.63. The predicted octanol–water partition coefficient (Wildman–Crippen LogP) is 1.63. The van der Waals surface area contributed by atoms with Gasteiger partial charge in [0.15, 0.2) is 5.96 Å². The lowest BCUT2D eigenvalue weighted by atomic mass is 10.1. The molecule has 0 spiro atoms. The van der Waals surface area contributed by atoms with Crippen LogP contribution in [-0.4, -0.2) is 37.0 Å². The van der Waals surface area contributed by atoms with E-state index in [1.807, 2.05) is 6.92 Å². The monoisotopic (exact) mass is 394 g/mol. The number of rotatable bonds is 5. The van der Waals surface area contributed by atoms with Gasteiger partial charge in [-0.15, -0.1) is 24.0 Å². The highest BCUT2D eigenvalue weighted by molar-refractivity contribution is 14.0. The maximum absolute atomic E-state index is 11.1. The topological polar surface area (TPSA) is 65.5 Å². The third kappa shape index (κ3) is 5.46. The molecule has 0 aromatic heterocycles. The number of guanidine groups is 1. The zero-order valence-corrected chi connectivity index (χ0v) is 14.8. The van der Waals surface area contributed by atoms with E-state index in [1.165, 1.54) is 19.3 Å². The Balaban J connectivity index is 0.00000200. The lowest BCUT2D eigenvalue weighted by molar-refractivity contribution is -0.122. The molecule has 6 heteroatoms. The molecule has 5 nitrogen and oxygen atoms in total. The number of amides is 1. The van der Waals surface area contributed by atoms with E-state index in [-0.39, 0.29) is 29.9 Å². The van der Waals surface area contributed by atoms with E-state index in [0.29, 0.717) is 25.0 Å². The van der Waals surface area contributed by atoms with Crippen molar-refractivity contribution < 1.29 is 4.79 Å². The summed E-state index contributed by atoms with van der Waals surface area (Å²) in [6.07, 6.45) is 5.32. The summed E-state index contributed by atoms with van der Waals surface area (Å²) in [5.41, 5.74) is 0. The molecule has 0 aromatic rings. The molecule has 1 amide bonds. The number of aliphatic imine (C=N–C) groups is 1. The molecular weight excluding hydrogens is 367 g/mol. The van der Waals surface area contributed by atoms with Crippen LogP contribution in [0.5, 0.6) is 0 Å². The third-order valence-corrected chi connectivity index (χ3v) is 3.83. The van der Waals surface area contributed by atoms with E-state index in [4.69, 9.17) is 0 Å². The minimum atomic E-state index is 0. The maximum Gasteiger partial charge on any atom is 0.220 e. The first kappa shape index (κ1) is 17.5. The van der Waals surface area contributed by atoms with Gasteiger partial charge in [-0.25, -0.2) is 0 Å². The predicted molar refractivity (Wildman–Crippen MR) is 92.5 cm³/mol. The van der Waals surface area contributed by atoms with E-state index in [0.717, 1.165) is 24.8 Å². The van der Waals surface area contributed by atoms with Gasteiger partial charge in [0, 0.05) is 31.6 Å². The highest BCUT2D eigenvalue weighted by atomic mass is 127. The van der Waals surface area contributed by atoms with Crippen LogP contribution < -0.4 is 16.0 Å². The molecule has 0 aromatic carbocycles. The van der Waals surface area contributed by atoms with Crippen molar-refractivity contribution in [1.82, 2.24) is 16.0 Å².